The monoisotopic (exact) mass is 310 g/mol. The van der Waals surface area contributed by atoms with Crippen LogP contribution in [0.5, 0.6) is 0 Å². The van der Waals surface area contributed by atoms with E-state index < -0.39 is 12.0 Å². The summed E-state index contributed by atoms with van der Waals surface area (Å²) < 4.78 is 42.8. The molecular weight excluding hydrogens is 297 g/mol. The van der Waals surface area contributed by atoms with Crippen LogP contribution in [0.15, 0.2) is 6.07 Å². The number of hydrogen-bond donors (Lipinski definition) is 1. The Morgan fingerprint density at radius 3 is 2.65 bits per heavy atom. The molecule has 5 nitrogen and oxygen atoms in total. The lowest BCUT2D eigenvalue weighted by atomic mass is 10.4. The van der Waals surface area contributed by atoms with Crippen molar-refractivity contribution >= 4 is 17.4 Å². The Hall–Kier alpha value is -1.12. The van der Waals surface area contributed by atoms with Crippen LogP contribution in [0.25, 0.3) is 0 Å². The number of ether oxygens (including phenoxy) is 1. The fourth-order valence-electron chi connectivity index (χ4n) is 1.80. The Morgan fingerprint density at radius 2 is 2.00 bits per heavy atom. The molecule has 1 N–H and O–H groups in total. The fraction of sp³-hybridized carbons (Fsp3) is 0.636. The van der Waals surface area contributed by atoms with Crippen molar-refractivity contribution in [1.82, 2.24) is 14.9 Å². The summed E-state index contributed by atoms with van der Waals surface area (Å²) in [6.45, 7) is 4.17. The number of aromatic nitrogens is 2. The van der Waals surface area contributed by atoms with Gasteiger partial charge in [0.1, 0.15) is 11.0 Å². The molecule has 0 radical (unpaired) electrons. The third kappa shape index (κ3) is 4.46. The van der Waals surface area contributed by atoms with Gasteiger partial charge >= 0.3 is 6.18 Å². The van der Waals surface area contributed by atoms with Gasteiger partial charge in [0.25, 0.3) is 0 Å². The van der Waals surface area contributed by atoms with Crippen LogP contribution in [0.3, 0.4) is 0 Å². The summed E-state index contributed by atoms with van der Waals surface area (Å²) in [5.74, 6) is -1.16. The first kappa shape index (κ1) is 15.3. The first-order valence-corrected chi connectivity index (χ1v) is 6.49. The minimum Gasteiger partial charge on any atom is -0.379 e. The maximum Gasteiger partial charge on any atom is 0.451 e. The predicted octanol–water partition coefficient (Wildman–Crippen LogP) is 1.89. The molecular formula is C11H14ClF3N4O. The predicted molar refractivity (Wildman–Crippen MR) is 67.8 cm³/mol. The lowest BCUT2D eigenvalue weighted by Crippen LogP contribution is -2.39. The van der Waals surface area contributed by atoms with E-state index in [1.807, 2.05) is 0 Å². The fourth-order valence-corrected chi connectivity index (χ4v) is 1.99. The molecule has 0 amide bonds. The van der Waals surface area contributed by atoms with Crippen molar-refractivity contribution in [1.29, 1.82) is 0 Å². The van der Waals surface area contributed by atoms with Crippen LogP contribution >= 0.6 is 11.6 Å². The van der Waals surface area contributed by atoms with Crippen LogP contribution in [-0.4, -0.2) is 54.3 Å². The molecule has 0 aromatic carbocycles. The van der Waals surface area contributed by atoms with Crippen LogP contribution in [-0.2, 0) is 10.9 Å². The first-order valence-electron chi connectivity index (χ1n) is 6.11. The molecule has 1 aliphatic heterocycles. The summed E-state index contributed by atoms with van der Waals surface area (Å²) in [6, 6.07) is 1.27. The average Bonchev–Trinajstić information content (AvgIpc) is 2.38. The minimum atomic E-state index is -4.61. The van der Waals surface area contributed by atoms with Crippen molar-refractivity contribution in [3.63, 3.8) is 0 Å². The average molecular weight is 311 g/mol. The summed E-state index contributed by atoms with van der Waals surface area (Å²) in [6.07, 6.45) is -4.61. The molecule has 0 aliphatic carbocycles. The standard InChI is InChI=1S/C11H14ClF3N4O/c12-8-7-9(18-10(17-8)11(13,14)15)16-1-2-19-3-5-20-6-4-19/h7H,1-6H2,(H,16,17,18). The van der Waals surface area contributed by atoms with Crippen LogP contribution in [0.2, 0.25) is 5.15 Å². The van der Waals surface area contributed by atoms with Crippen LogP contribution in [0.1, 0.15) is 5.82 Å². The second-order valence-electron chi connectivity index (χ2n) is 4.28. The van der Waals surface area contributed by atoms with Crippen LogP contribution in [0, 0.1) is 0 Å². The maximum atomic E-state index is 12.5. The molecule has 1 fully saturated rings. The molecule has 0 bridgehead atoms. The number of rotatable bonds is 4. The molecule has 0 atom stereocenters. The highest BCUT2D eigenvalue weighted by Gasteiger charge is 2.35. The van der Waals surface area contributed by atoms with Crippen LogP contribution in [0.4, 0.5) is 19.0 Å². The Kier molecular flexibility index (Phi) is 5.00. The summed E-state index contributed by atoms with van der Waals surface area (Å²) in [5.41, 5.74) is 0. The third-order valence-electron chi connectivity index (χ3n) is 2.79. The maximum absolute atomic E-state index is 12.5. The van der Waals surface area contributed by atoms with Crippen molar-refractivity contribution in [2.75, 3.05) is 44.7 Å². The van der Waals surface area contributed by atoms with E-state index in [4.69, 9.17) is 16.3 Å². The van der Waals surface area contributed by atoms with Gasteiger partial charge in [-0.3, -0.25) is 4.90 Å². The highest BCUT2D eigenvalue weighted by Crippen LogP contribution is 2.28. The second-order valence-corrected chi connectivity index (χ2v) is 4.67. The Balaban J connectivity index is 1.90. The van der Waals surface area contributed by atoms with E-state index in [0.717, 1.165) is 13.1 Å². The van der Waals surface area contributed by atoms with E-state index in [9.17, 15) is 13.2 Å². The Labute approximate surface area is 119 Å². The van der Waals surface area contributed by atoms with Crippen molar-refractivity contribution < 1.29 is 17.9 Å². The summed E-state index contributed by atoms with van der Waals surface area (Å²) in [5, 5.41) is 2.59. The molecule has 0 spiro atoms. The van der Waals surface area contributed by atoms with Gasteiger partial charge in [-0.25, -0.2) is 9.97 Å². The van der Waals surface area contributed by atoms with Crippen LogP contribution < -0.4 is 5.32 Å². The van der Waals surface area contributed by atoms with Crippen molar-refractivity contribution in [3.8, 4) is 0 Å². The van der Waals surface area contributed by atoms with Gasteiger partial charge < -0.3 is 10.1 Å². The van der Waals surface area contributed by atoms with Gasteiger partial charge in [0.05, 0.1) is 13.2 Å². The van der Waals surface area contributed by atoms with E-state index in [1.54, 1.807) is 0 Å². The number of morpholine rings is 1. The van der Waals surface area contributed by atoms with Gasteiger partial charge in [-0.05, 0) is 0 Å². The van der Waals surface area contributed by atoms with Gasteiger partial charge in [0, 0.05) is 32.2 Å². The number of nitrogens with zero attached hydrogens (tertiary/aromatic N) is 3. The number of nitrogens with one attached hydrogen (secondary N) is 1. The number of halogens is 4. The van der Waals surface area contributed by atoms with Crippen molar-refractivity contribution in [2.45, 2.75) is 6.18 Å². The van der Waals surface area contributed by atoms with E-state index >= 15 is 0 Å². The Bertz CT molecular complexity index is 452. The highest BCUT2D eigenvalue weighted by molar-refractivity contribution is 6.29. The molecule has 0 saturated carbocycles. The largest absolute Gasteiger partial charge is 0.451 e. The number of alkyl halides is 3. The molecule has 9 heteroatoms. The molecule has 0 unspecified atom stereocenters. The van der Waals surface area contributed by atoms with Crippen molar-refractivity contribution in [3.05, 3.63) is 17.0 Å². The zero-order chi connectivity index (χ0) is 14.6. The normalized spacial score (nSPS) is 17.2. The summed E-state index contributed by atoms with van der Waals surface area (Å²) in [7, 11) is 0. The van der Waals surface area contributed by atoms with Gasteiger partial charge in [0.2, 0.25) is 5.82 Å². The van der Waals surface area contributed by atoms with E-state index in [0.29, 0.717) is 26.3 Å². The van der Waals surface area contributed by atoms with Gasteiger partial charge in [-0.2, -0.15) is 13.2 Å². The third-order valence-corrected chi connectivity index (χ3v) is 2.98. The van der Waals surface area contributed by atoms with E-state index in [-0.39, 0.29) is 11.0 Å². The Morgan fingerprint density at radius 1 is 1.30 bits per heavy atom. The smallest absolute Gasteiger partial charge is 0.379 e. The molecule has 20 heavy (non-hydrogen) atoms. The molecule has 1 aliphatic rings. The second kappa shape index (κ2) is 6.55. The van der Waals surface area contributed by atoms with E-state index in [1.165, 1.54) is 6.07 Å². The molecule has 1 saturated heterocycles. The molecule has 2 heterocycles. The van der Waals surface area contributed by atoms with E-state index in [2.05, 4.69) is 20.2 Å². The first-order chi connectivity index (χ1) is 9.45. The lowest BCUT2D eigenvalue weighted by Gasteiger charge is -2.26. The van der Waals surface area contributed by atoms with Gasteiger partial charge in [0.15, 0.2) is 0 Å². The molecule has 112 valence electrons. The molecule has 1 aromatic rings. The zero-order valence-corrected chi connectivity index (χ0v) is 11.3. The highest BCUT2D eigenvalue weighted by atomic mass is 35.5. The van der Waals surface area contributed by atoms with Gasteiger partial charge in [-0.15, -0.1) is 0 Å². The zero-order valence-electron chi connectivity index (χ0n) is 10.6. The topological polar surface area (TPSA) is 50.3 Å². The lowest BCUT2D eigenvalue weighted by molar-refractivity contribution is -0.144. The number of anilines is 1. The van der Waals surface area contributed by atoms with Gasteiger partial charge in [-0.1, -0.05) is 11.6 Å². The molecule has 2 rings (SSSR count). The summed E-state index contributed by atoms with van der Waals surface area (Å²) >= 11 is 5.57. The quantitative estimate of drug-likeness (QED) is 0.861. The van der Waals surface area contributed by atoms with Crippen molar-refractivity contribution in [2.24, 2.45) is 0 Å². The SMILES string of the molecule is FC(F)(F)c1nc(Cl)cc(NCCN2CCOCC2)n1. The minimum absolute atomic E-state index is 0.0746. The number of hydrogen-bond acceptors (Lipinski definition) is 5. The molecule has 1 aromatic heterocycles. The summed E-state index contributed by atoms with van der Waals surface area (Å²) in [4.78, 5) is 8.73.